The first kappa shape index (κ1) is 17.0. The molecule has 1 saturated heterocycles. The van der Waals surface area contributed by atoms with Crippen LogP contribution in [0.1, 0.15) is 37.9 Å². The molecule has 2 aromatic rings. The van der Waals surface area contributed by atoms with Crippen molar-refractivity contribution < 1.29 is 4.79 Å². The van der Waals surface area contributed by atoms with Crippen LogP contribution >= 0.6 is 11.3 Å². The Morgan fingerprint density at radius 2 is 2.04 bits per heavy atom. The van der Waals surface area contributed by atoms with Gasteiger partial charge in [0.25, 0.3) is 0 Å². The smallest absolute Gasteiger partial charge is 0.227 e. The molecule has 1 aliphatic rings. The molecule has 1 atom stereocenters. The number of amides is 1. The number of carbonyl (C=O) groups excluding carboxylic acids is 1. The van der Waals surface area contributed by atoms with Crippen molar-refractivity contribution in [2.45, 2.75) is 40.5 Å². The van der Waals surface area contributed by atoms with Gasteiger partial charge in [-0.2, -0.15) is 0 Å². The molecule has 6 heteroatoms. The van der Waals surface area contributed by atoms with Crippen molar-refractivity contribution in [2.75, 3.05) is 13.1 Å². The molecule has 5 nitrogen and oxygen atoms in total. The summed E-state index contributed by atoms with van der Waals surface area (Å²) in [5.41, 5.74) is 1.63. The van der Waals surface area contributed by atoms with Crippen LogP contribution in [0.15, 0.2) is 18.6 Å². The summed E-state index contributed by atoms with van der Waals surface area (Å²) in [6, 6.07) is 0. The average Bonchev–Trinajstić information content (AvgIpc) is 3.15. The van der Waals surface area contributed by atoms with E-state index in [1.54, 1.807) is 23.7 Å². The highest BCUT2D eigenvalue weighted by Gasteiger charge is 2.33. The van der Waals surface area contributed by atoms with Crippen molar-refractivity contribution >= 4 is 17.2 Å². The normalized spacial score (nSPS) is 18.2. The van der Waals surface area contributed by atoms with E-state index in [1.165, 1.54) is 0 Å². The molecule has 0 spiro atoms. The Morgan fingerprint density at radius 1 is 1.29 bits per heavy atom. The molecule has 1 fully saturated rings. The number of likely N-dealkylation sites (tertiary alicyclic amines) is 1. The summed E-state index contributed by atoms with van der Waals surface area (Å²) in [6.07, 6.45) is 7.24. The quantitative estimate of drug-likeness (QED) is 0.857. The van der Waals surface area contributed by atoms with Gasteiger partial charge in [-0.05, 0) is 25.7 Å². The SMILES string of the molecule is Cc1ncc(-c2nccnc2C[C@@H]2CCN(C(=O)C(C)(C)C)C2)s1. The second-order valence-corrected chi connectivity index (χ2v) is 8.69. The molecule has 0 N–H and O–H groups in total. The Morgan fingerprint density at radius 3 is 2.71 bits per heavy atom. The van der Waals surface area contributed by atoms with E-state index < -0.39 is 0 Å². The number of hydrogen-bond donors (Lipinski definition) is 0. The van der Waals surface area contributed by atoms with Crippen molar-refractivity contribution in [1.29, 1.82) is 0 Å². The summed E-state index contributed by atoms with van der Waals surface area (Å²) >= 11 is 1.64. The monoisotopic (exact) mass is 344 g/mol. The van der Waals surface area contributed by atoms with Gasteiger partial charge in [-0.3, -0.25) is 14.8 Å². The van der Waals surface area contributed by atoms with Gasteiger partial charge in [0.15, 0.2) is 0 Å². The van der Waals surface area contributed by atoms with Crippen LogP contribution in [0.5, 0.6) is 0 Å². The van der Waals surface area contributed by atoms with Gasteiger partial charge in [-0.1, -0.05) is 20.8 Å². The molecule has 1 aliphatic heterocycles. The predicted octanol–water partition coefficient (Wildman–Crippen LogP) is 3.35. The van der Waals surface area contributed by atoms with Gasteiger partial charge >= 0.3 is 0 Å². The summed E-state index contributed by atoms with van der Waals surface area (Å²) in [6.45, 7) is 9.60. The largest absolute Gasteiger partial charge is 0.342 e. The third-order valence-electron chi connectivity index (χ3n) is 4.33. The van der Waals surface area contributed by atoms with E-state index in [9.17, 15) is 4.79 Å². The van der Waals surface area contributed by atoms with Crippen LogP contribution in [-0.2, 0) is 11.2 Å². The van der Waals surface area contributed by atoms with Crippen LogP contribution in [0, 0.1) is 18.3 Å². The number of rotatable bonds is 3. The molecule has 24 heavy (non-hydrogen) atoms. The fourth-order valence-corrected chi connectivity index (χ4v) is 3.92. The highest BCUT2D eigenvalue weighted by molar-refractivity contribution is 7.15. The lowest BCUT2D eigenvalue weighted by Gasteiger charge is -2.25. The summed E-state index contributed by atoms with van der Waals surface area (Å²) in [5.74, 6) is 0.684. The van der Waals surface area contributed by atoms with Crippen molar-refractivity contribution in [2.24, 2.45) is 11.3 Å². The number of nitrogens with zero attached hydrogens (tertiary/aromatic N) is 4. The maximum absolute atomic E-state index is 12.4. The van der Waals surface area contributed by atoms with Crippen LogP contribution in [0.2, 0.25) is 0 Å². The van der Waals surface area contributed by atoms with Gasteiger partial charge in [0.2, 0.25) is 5.91 Å². The predicted molar refractivity (Wildman–Crippen MR) is 95.7 cm³/mol. The lowest BCUT2D eigenvalue weighted by molar-refractivity contribution is -0.138. The topological polar surface area (TPSA) is 59.0 Å². The lowest BCUT2D eigenvalue weighted by atomic mass is 9.95. The summed E-state index contributed by atoms with van der Waals surface area (Å²) in [4.78, 5) is 28.9. The van der Waals surface area contributed by atoms with Crippen molar-refractivity contribution in [1.82, 2.24) is 19.9 Å². The Balaban J connectivity index is 1.73. The van der Waals surface area contributed by atoms with Crippen LogP contribution in [-0.4, -0.2) is 38.8 Å². The lowest BCUT2D eigenvalue weighted by Crippen LogP contribution is -2.38. The van der Waals surface area contributed by atoms with Gasteiger partial charge in [0.1, 0.15) is 5.69 Å². The number of aromatic nitrogens is 3. The second kappa shape index (κ2) is 6.59. The van der Waals surface area contributed by atoms with Gasteiger partial charge in [-0.15, -0.1) is 11.3 Å². The van der Waals surface area contributed by atoms with Crippen LogP contribution < -0.4 is 0 Å². The van der Waals surface area contributed by atoms with Crippen LogP contribution in [0.25, 0.3) is 10.6 Å². The van der Waals surface area contributed by atoms with Gasteiger partial charge < -0.3 is 4.90 Å². The second-order valence-electron chi connectivity index (χ2n) is 7.46. The molecule has 0 unspecified atom stereocenters. The molecule has 3 heterocycles. The van der Waals surface area contributed by atoms with Gasteiger partial charge in [0, 0.05) is 37.1 Å². The third-order valence-corrected chi connectivity index (χ3v) is 5.24. The van der Waals surface area contributed by atoms with Gasteiger partial charge in [0.05, 0.1) is 15.6 Å². The number of hydrogen-bond acceptors (Lipinski definition) is 5. The third kappa shape index (κ3) is 3.64. The Bertz CT molecular complexity index is 735. The van der Waals surface area contributed by atoms with Crippen molar-refractivity contribution in [3.63, 3.8) is 0 Å². The molecule has 128 valence electrons. The highest BCUT2D eigenvalue weighted by atomic mass is 32.1. The van der Waals surface area contributed by atoms with E-state index in [4.69, 9.17) is 0 Å². The number of thiazole rings is 1. The van der Waals surface area contributed by atoms with E-state index >= 15 is 0 Å². The first-order valence-electron chi connectivity index (χ1n) is 8.36. The zero-order valence-corrected chi connectivity index (χ0v) is 15.6. The Kier molecular flexibility index (Phi) is 4.67. The minimum Gasteiger partial charge on any atom is -0.342 e. The zero-order chi connectivity index (χ0) is 17.3. The Hall–Kier alpha value is -1.82. The maximum atomic E-state index is 12.4. The first-order chi connectivity index (χ1) is 11.3. The van der Waals surface area contributed by atoms with Crippen LogP contribution in [0.4, 0.5) is 0 Å². The molecule has 0 aliphatic carbocycles. The van der Waals surface area contributed by atoms with Crippen LogP contribution in [0.3, 0.4) is 0 Å². The molecule has 1 amide bonds. The fraction of sp³-hybridized carbons (Fsp3) is 0.556. The van der Waals surface area contributed by atoms with E-state index in [1.807, 2.05) is 38.8 Å². The Labute approximate surface area is 147 Å². The molecule has 0 aromatic carbocycles. The highest BCUT2D eigenvalue weighted by Crippen LogP contribution is 2.30. The fourth-order valence-electron chi connectivity index (χ4n) is 3.12. The molecule has 0 radical (unpaired) electrons. The van der Waals surface area contributed by atoms with Crippen molar-refractivity contribution in [3.05, 3.63) is 29.3 Å². The van der Waals surface area contributed by atoms with Crippen molar-refractivity contribution in [3.8, 4) is 10.6 Å². The minimum atomic E-state index is -0.313. The standard InChI is InChI=1S/C18H24N4OS/c1-12-21-10-15(24-12)16-14(19-6-7-20-16)9-13-5-8-22(11-13)17(23)18(2,3)4/h6-7,10,13H,5,8-9,11H2,1-4H3/t13-/m0/s1. The summed E-state index contributed by atoms with van der Waals surface area (Å²) in [5, 5.41) is 1.03. The number of aryl methyl sites for hydroxylation is 1. The van der Waals surface area contributed by atoms with E-state index in [2.05, 4.69) is 15.0 Å². The molecular weight excluding hydrogens is 320 g/mol. The molecule has 3 rings (SSSR count). The summed E-state index contributed by atoms with van der Waals surface area (Å²) in [7, 11) is 0. The number of carbonyl (C=O) groups is 1. The molecule has 0 saturated carbocycles. The molecular formula is C18H24N4OS. The minimum absolute atomic E-state index is 0.238. The maximum Gasteiger partial charge on any atom is 0.227 e. The van der Waals surface area contributed by atoms with E-state index in [0.717, 1.165) is 47.2 Å². The average molecular weight is 344 g/mol. The first-order valence-corrected chi connectivity index (χ1v) is 9.18. The van der Waals surface area contributed by atoms with Gasteiger partial charge in [-0.25, -0.2) is 4.98 Å². The molecule has 2 aromatic heterocycles. The van der Waals surface area contributed by atoms with E-state index in [-0.39, 0.29) is 11.3 Å². The van der Waals surface area contributed by atoms with E-state index in [0.29, 0.717) is 5.92 Å². The molecule has 0 bridgehead atoms. The summed E-state index contributed by atoms with van der Waals surface area (Å²) < 4.78 is 0. The zero-order valence-electron chi connectivity index (χ0n) is 14.7.